The molecule has 0 spiro atoms. The Kier molecular flexibility index (Phi) is 5.36. The highest BCUT2D eigenvalue weighted by Crippen LogP contribution is 2.12. The van der Waals surface area contributed by atoms with Crippen molar-refractivity contribution in [1.82, 2.24) is 10.2 Å². The number of esters is 1. The van der Waals surface area contributed by atoms with Crippen LogP contribution in [-0.2, 0) is 9.53 Å². The molecule has 0 aromatic rings. The van der Waals surface area contributed by atoms with Gasteiger partial charge < -0.3 is 15.2 Å². The number of methoxy groups -OCH3 is 1. The minimum Gasteiger partial charge on any atom is -0.467 e. The second-order valence-corrected chi connectivity index (χ2v) is 4.89. The molecule has 1 saturated heterocycles. The maximum Gasteiger partial charge on any atom is 0.338 e. The summed E-state index contributed by atoms with van der Waals surface area (Å²) in [4.78, 5) is 13.5. The van der Waals surface area contributed by atoms with E-state index in [1.54, 1.807) is 0 Å². The lowest BCUT2D eigenvalue weighted by atomic mass is 10.1. The van der Waals surface area contributed by atoms with E-state index in [0.717, 1.165) is 26.1 Å². The summed E-state index contributed by atoms with van der Waals surface area (Å²) in [7, 11) is 1.30. The molecule has 2 unspecified atom stereocenters. The van der Waals surface area contributed by atoms with E-state index in [4.69, 9.17) is 0 Å². The van der Waals surface area contributed by atoms with Crippen LogP contribution in [0.15, 0.2) is 0 Å². The van der Waals surface area contributed by atoms with E-state index in [-0.39, 0.29) is 0 Å². The van der Waals surface area contributed by atoms with E-state index in [2.05, 4.69) is 15.0 Å². The molecule has 0 saturated carbocycles. The van der Waals surface area contributed by atoms with Crippen molar-refractivity contribution in [2.24, 2.45) is 0 Å². The number of hydrogen-bond donors (Lipinski definition) is 2. The van der Waals surface area contributed by atoms with Gasteiger partial charge >= 0.3 is 5.97 Å². The molecule has 1 rings (SSSR count). The highest BCUT2D eigenvalue weighted by molar-refractivity contribution is 5.78. The summed E-state index contributed by atoms with van der Waals surface area (Å²) in [5.74, 6) is -0.574. The number of ether oxygens (including phenoxy) is 1. The lowest BCUT2D eigenvalue weighted by Crippen LogP contribution is -2.50. The van der Waals surface area contributed by atoms with Crippen molar-refractivity contribution in [2.45, 2.75) is 38.3 Å². The van der Waals surface area contributed by atoms with Gasteiger partial charge in [-0.15, -0.1) is 0 Å². The molecule has 0 bridgehead atoms. The topological polar surface area (TPSA) is 61.8 Å². The van der Waals surface area contributed by atoms with Crippen molar-refractivity contribution in [3.63, 3.8) is 0 Å². The molecule has 5 nitrogen and oxygen atoms in total. The number of nitrogens with zero attached hydrogens (tertiary/aromatic N) is 1. The summed E-state index contributed by atoms with van der Waals surface area (Å²) >= 11 is 0. The number of carbonyl (C=O) groups excluding carboxylic acids is 1. The molecular weight excluding hydrogens is 220 g/mol. The number of aliphatic hydroxyl groups is 1. The molecule has 0 aromatic carbocycles. The Bertz CT molecular complexity index is 250. The number of likely N-dealkylation sites (N-methyl/N-ethyl adjacent to an activating group) is 1. The molecule has 2 atom stereocenters. The van der Waals surface area contributed by atoms with E-state index in [1.807, 2.05) is 6.92 Å². The Morgan fingerprint density at radius 2 is 2.35 bits per heavy atom. The van der Waals surface area contributed by atoms with Gasteiger partial charge in [-0.3, -0.25) is 4.90 Å². The van der Waals surface area contributed by atoms with Crippen LogP contribution in [-0.4, -0.2) is 60.9 Å². The van der Waals surface area contributed by atoms with Crippen LogP contribution in [0.3, 0.4) is 0 Å². The van der Waals surface area contributed by atoms with Gasteiger partial charge in [0.1, 0.15) is 0 Å². The van der Waals surface area contributed by atoms with E-state index < -0.39 is 11.6 Å². The number of rotatable bonds is 6. The van der Waals surface area contributed by atoms with Gasteiger partial charge in [-0.1, -0.05) is 6.92 Å². The van der Waals surface area contributed by atoms with Crippen LogP contribution in [0, 0.1) is 0 Å². The van der Waals surface area contributed by atoms with Crippen molar-refractivity contribution in [3.05, 3.63) is 0 Å². The van der Waals surface area contributed by atoms with Crippen molar-refractivity contribution in [3.8, 4) is 0 Å². The summed E-state index contributed by atoms with van der Waals surface area (Å²) in [5.41, 5.74) is -1.43. The van der Waals surface area contributed by atoms with Crippen LogP contribution in [0.1, 0.15) is 26.7 Å². The number of hydrogen-bond acceptors (Lipinski definition) is 5. The van der Waals surface area contributed by atoms with Crippen LogP contribution in [0.4, 0.5) is 0 Å². The number of nitrogens with one attached hydrogen (secondary N) is 1. The molecule has 100 valence electrons. The van der Waals surface area contributed by atoms with Crippen molar-refractivity contribution in [2.75, 3.05) is 33.3 Å². The maximum absolute atomic E-state index is 11.4. The SMILES string of the molecule is CCN(CC1CCCN1)CC(C)(O)C(=O)OC. The lowest BCUT2D eigenvalue weighted by Gasteiger charge is -2.30. The maximum atomic E-state index is 11.4. The highest BCUT2D eigenvalue weighted by Gasteiger charge is 2.34. The van der Waals surface area contributed by atoms with E-state index in [9.17, 15) is 9.90 Å². The fourth-order valence-corrected chi connectivity index (χ4v) is 2.25. The third-order valence-electron chi connectivity index (χ3n) is 3.24. The Labute approximate surface area is 103 Å². The smallest absolute Gasteiger partial charge is 0.338 e. The largest absolute Gasteiger partial charge is 0.467 e. The minimum absolute atomic E-state index is 0.314. The molecule has 0 aliphatic carbocycles. The zero-order chi connectivity index (χ0) is 12.9. The second-order valence-electron chi connectivity index (χ2n) is 4.89. The average molecular weight is 244 g/mol. The molecule has 0 aromatic heterocycles. The molecule has 0 radical (unpaired) electrons. The zero-order valence-corrected chi connectivity index (χ0v) is 11.0. The van der Waals surface area contributed by atoms with E-state index in [0.29, 0.717) is 12.6 Å². The Morgan fingerprint density at radius 1 is 1.65 bits per heavy atom. The second kappa shape index (κ2) is 6.33. The van der Waals surface area contributed by atoms with Gasteiger partial charge in [0.2, 0.25) is 0 Å². The first kappa shape index (κ1) is 14.4. The first-order chi connectivity index (χ1) is 7.99. The summed E-state index contributed by atoms with van der Waals surface area (Å²) < 4.78 is 4.60. The first-order valence-electron chi connectivity index (χ1n) is 6.26. The van der Waals surface area contributed by atoms with Crippen molar-refractivity contribution in [1.29, 1.82) is 0 Å². The van der Waals surface area contributed by atoms with Crippen LogP contribution in [0.5, 0.6) is 0 Å². The third kappa shape index (κ3) is 4.26. The fourth-order valence-electron chi connectivity index (χ4n) is 2.25. The molecule has 1 fully saturated rings. The van der Waals surface area contributed by atoms with Gasteiger partial charge in [0, 0.05) is 19.1 Å². The van der Waals surface area contributed by atoms with Crippen molar-refractivity contribution >= 4 is 5.97 Å². The average Bonchev–Trinajstić information content (AvgIpc) is 2.79. The van der Waals surface area contributed by atoms with Gasteiger partial charge in [-0.25, -0.2) is 4.79 Å². The normalized spacial score (nSPS) is 23.7. The standard InChI is InChI=1S/C12H24N2O3/c1-4-14(8-10-6-5-7-13-10)9-12(2,16)11(15)17-3/h10,13,16H,4-9H2,1-3H3. The van der Waals surface area contributed by atoms with Crippen LogP contribution in [0.25, 0.3) is 0 Å². The summed E-state index contributed by atoms with van der Waals surface area (Å²) in [5, 5.41) is 13.4. The molecule has 0 amide bonds. The predicted molar refractivity (Wildman–Crippen MR) is 65.8 cm³/mol. The van der Waals surface area contributed by atoms with E-state index >= 15 is 0 Å². The minimum atomic E-state index is -1.43. The molecule has 1 heterocycles. The Hall–Kier alpha value is -0.650. The molecule has 1 aliphatic rings. The van der Waals surface area contributed by atoms with Gasteiger partial charge in [-0.05, 0) is 32.9 Å². The molecule has 2 N–H and O–H groups in total. The van der Waals surface area contributed by atoms with Crippen LogP contribution < -0.4 is 5.32 Å². The number of carbonyl (C=O) groups is 1. The quantitative estimate of drug-likeness (QED) is 0.643. The predicted octanol–water partition coefficient (Wildman–Crippen LogP) is -0.0157. The molecule has 5 heteroatoms. The van der Waals surface area contributed by atoms with E-state index in [1.165, 1.54) is 20.5 Å². The lowest BCUT2D eigenvalue weighted by molar-refractivity contribution is -0.162. The Morgan fingerprint density at radius 3 is 2.82 bits per heavy atom. The Balaban J connectivity index is 2.47. The van der Waals surface area contributed by atoms with Crippen LogP contribution >= 0.6 is 0 Å². The third-order valence-corrected chi connectivity index (χ3v) is 3.24. The van der Waals surface area contributed by atoms with Gasteiger partial charge in [0.05, 0.1) is 7.11 Å². The monoisotopic (exact) mass is 244 g/mol. The molecular formula is C12H24N2O3. The van der Waals surface area contributed by atoms with Gasteiger partial charge in [-0.2, -0.15) is 0 Å². The van der Waals surface area contributed by atoms with Gasteiger partial charge in [0.25, 0.3) is 0 Å². The molecule has 17 heavy (non-hydrogen) atoms. The zero-order valence-electron chi connectivity index (χ0n) is 11.0. The van der Waals surface area contributed by atoms with Gasteiger partial charge in [0.15, 0.2) is 5.60 Å². The molecule has 1 aliphatic heterocycles. The van der Waals surface area contributed by atoms with Crippen molar-refractivity contribution < 1.29 is 14.6 Å². The summed E-state index contributed by atoms with van der Waals surface area (Å²) in [6, 6.07) is 0.475. The van der Waals surface area contributed by atoms with Crippen LogP contribution in [0.2, 0.25) is 0 Å². The fraction of sp³-hybridized carbons (Fsp3) is 0.917. The summed E-state index contributed by atoms with van der Waals surface area (Å²) in [6.45, 7) is 6.59. The summed E-state index contributed by atoms with van der Waals surface area (Å²) in [6.07, 6.45) is 2.37. The first-order valence-corrected chi connectivity index (χ1v) is 6.26. The highest BCUT2D eigenvalue weighted by atomic mass is 16.5.